The van der Waals surface area contributed by atoms with Gasteiger partial charge in [-0.2, -0.15) is 0 Å². The zero-order chi connectivity index (χ0) is 13.1. The Morgan fingerprint density at radius 2 is 2.11 bits per heavy atom. The maximum atomic E-state index is 6.10. The Morgan fingerprint density at radius 3 is 2.67 bits per heavy atom. The van der Waals surface area contributed by atoms with Gasteiger partial charge in [-0.3, -0.25) is 0 Å². The predicted octanol–water partition coefficient (Wildman–Crippen LogP) is 3.47. The first-order valence-corrected chi connectivity index (χ1v) is 7.24. The van der Waals surface area contributed by atoms with Gasteiger partial charge >= 0.3 is 0 Å². The van der Waals surface area contributed by atoms with Gasteiger partial charge in [-0.25, -0.2) is 0 Å². The quantitative estimate of drug-likeness (QED) is 0.854. The Hall–Kier alpha value is -0.730. The van der Waals surface area contributed by atoms with Crippen molar-refractivity contribution in [3.63, 3.8) is 0 Å². The first kappa shape index (κ1) is 13.7. The fourth-order valence-electron chi connectivity index (χ4n) is 2.41. The van der Waals surface area contributed by atoms with E-state index in [2.05, 4.69) is 30.9 Å². The second-order valence-corrected chi connectivity index (χ2v) is 6.03. The van der Waals surface area contributed by atoms with Gasteiger partial charge in [0.05, 0.1) is 0 Å². The average Bonchev–Trinajstić information content (AvgIpc) is 3.11. The van der Waals surface area contributed by atoms with E-state index in [1.807, 2.05) is 6.07 Å². The lowest BCUT2D eigenvalue weighted by molar-refractivity contribution is 0.605. The number of rotatable bonds is 6. The Kier molecular flexibility index (Phi) is 4.52. The Labute approximate surface area is 115 Å². The van der Waals surface area contributed by atoms with Crippen LogP contribution in [-0.4, -0.2) is 19.1 Å². The highest BCUT2D eigenvalue weighted by molar-refractivity contribution is 6.30. The molecule has 0 aromatic heterocycles. The standard InChI is InChI=1S/C15H23ClN2/c1-11(2)10-18(14-4-5-14)15-6-3-13(16)9-12(15)7-8-17/h3,6,9,11,14H,4-5,7-8,10,17H2,1-2H3. The van der Waals surface area contributed by atoms with E-state index in [4.69, 9.17) is 17.3 Å². The van der Waals surface area contributed by atoms with E-state index in [9.17, 15) is 0 Å². The van der Waals surface area contributed by atoms with Crippen molar-refractivity contribution in [2.24, 2.45) is 11.7 Å². The molecule has 1 fully saturated rings. The van der Waals surface area contributed by atoms with Crippen molar-refractivity contribution in [3.05, 3.63) is 28.8 Å². The molecule has 1 aliphatic carbocycles. The molecule has 0 aliphatic heterocycles. The second kappa shape index (κ2) is 5.94. The average molecular weight is 267 g/mol. The lowest BCUT2D eigenvalue weighted by Gasteiger charge is -2.29. The summed E-state index contributed by atoms with van der Waals surface area (Å²) < 4.78 is 0. The van der Waals surface area contributed by atoms with Gasteiger partial charge in [0.15, 0.2) is 0 Å². The molecular weight excluding hydrogens is 244 g/mol. The van der Waals surface area contributed by atoms with Crippen molar-refractivity contribution < 1.29 is 0 Å². The second-order valence-electron chi connectivity index (χ2n) is 5.59. The first-order chi connectivity index (χ1) is 8.61. The third-order valence-electron chi connectivity index (χ3n) is 3.31. The number of hydrogen-bond acceptors (Lipinski definition) is 2. The molecule has 2 N–H and O–H groups in total. The first-order valence-electron chi connectivity index (χ1n) is 6.87. The molecule has 1 aromatic carbocycles. The summed E-state index contributed by atoms with van der Waals surface area (Å²) in [6.45, 7) is 6.33. The van der Waals surface area contributed by atoms with Crippen molar-refractivity contribution in [1.29, 1.82) is 0 Å². The number of hydrogen-bond donors (Lipinski definition) is 1. The minimum atomic E-state index is 0.673. The monoisotopic (exact) mass is 266 g/mol. The number of nitrogens with zero attached hydrogens (tertiary/aromatic N) is 1. The summed E-state index contributed by atoms with van der Waals surface area (Å²) >= 11 is 6.10. The molecule has 0 heterocycles. The van der Waals surface area contributed by atoms with Gasteiger partial charge < -0.3 is 10.6 Å². The van der Waals surface area contributed by atoms with E-state index < -0.39 is 0 Å². The van der Waals surface area contributed by atoms with E-state index >= 15 is 0 Å². The van der Waals surface area contributed by atoms with Gasteiger partial charge in [-0.15, -0.1) is 0 Å². The summed E-state index contributed by atoms with van der Waals surface area (Å²) in [6.07, 6.45) is 3.53. The van der Waals surface area contributed by atoms with Crippen LogP contribution in [0.5, 0.6) is 0 Å². The zero-order valence-corrected chi connectivity index (χ0v) is 12.1. The minimum absolute atomic E-state index is 0.673. The topological polar surface area (TPSA) is 29.3 Å². The van der Waals surface area contributed by atoms with Crippen molar-refractivity contribution in [2.75, 3.05) is 18.0 Å². The smallest absolute Gasteiger partial charge is 0.0410 e. The van der Waals surface area contributed by atoms with Gasteiger partial charge in [-0.05, 0) is 55.5 Å². The normalized spacial score (nSPS) is 15.2. The lowest BCUT2D eigenvalue weighted by atomic mass is 10.1. The maximum Gasteiger partial charge on any atom is 0.0410 e. The lowest BCUT2D eigenvalue weighted by Crippen LogP contribution is -2.30. The molecule has 0 unspecified atom stereocenters. The maximum absolute atomic E-state index is 6.10. The zero-order valence-electron chi connectivity index (χ0n) is 11.3. The fraction of sp³-hybridized carbons (Fsp3) is 0.600. The van der Waals surface area contributed by atoms with Gasteiger partial charge in [-0.1, -0.05) is 25.4 Å². The molecule has 0 spiro atoms. The number of benzene rings is 1. The Morgan fingerprint density at radius 1 is 1.39 bits per heavy atom. The molecular formula is C15H23ClN2. The molecule has 1 aromatic rings. The summed E-state index contributed by atoms with van der Waals surface area (Å²) in [5.74, 6) is 0.673. The molecule has 100 valence electrons. The van der Waals surface area contributed by atoms with E-state index in [1.165, 1.54) is 24.1 Å². The molecule has 3 heteroatoms. The minimum Gasteiger partial charge on any atom is -0.368 e. The van der Waals surface area contributed by atoms with E-state index in [1.54, 1.807) is 0 Å². The summed E-state index contributed by atoms with van der Waals surface area (Å²) in [6, 6.07) is 6.95. The van der Waals surface area contributed by atoms with Crippen molar-refractivity contribution in [3.8, 4) is 0 Å². The van der Waals surface area contributed by atoms with Crippen LogP contribution < -0.4 is 10.6 Å². The molecule has 1 aliphatic rings. The highest BCUT2D eigenvalue weighted by atomic mass is 35.5. The largest absolute Gasteiger partial charge is 0.368 e. The van der Waals surface area contributed by atoms with Crippen molar-refractivity contribution in [2.45, 2.75) is 39.2 Å². The molecule has 18 heavy (non-hydrogen) atoms. The van der Waals surface area contributed by atoms with E-state index in [0.29, 0.717) is 12.5 Å². The van der Waals surface area contributed by atoms with Gasteiger partial charge in [0.2, 0.25) is 0 Å². The van der Waals surface area contributed by atoms with Gasteiger partial charge in [0.25, 0.3) is 0 Å². The molecule has 0 saturated heterocycles. The van der Waals surface area contributed by atoms with Crippen molar-refractivity contribution in [1.82, 2.24) is 0 Å². The highest BCUT2D eigenvalue weighted by Gasteiger charge is 2.30. The third-order valence-corrected chi connectivity index (χ3v) is 3.55. The van der Waals surface area contributed by atoms with E-state index in [0.717, 1.165) is 24.0 Å². The van der Waals surface area contributed by atoms with Gasteiger partial charge in [0.1, 0.15) is 0 Å². The highest BCUT2D eigenvalue weighted by Crippen LogP contribution is 2.35. The Balaban J connectivity index is 2.27. The van der Waals surface area contributed by atoms with Crippen LogP contribution in [0, 0.1) is 5.92 Å². The molecule has 0 amide bonds. The summed E-state index contributed by atoms with van der Waals surface area (Å²) in [7, 11) is 0. The predicted molar refractivity (Wildman–Crippen MR) is 79.4 cm³/mol. The van der Waals surface area contributed by atoms with Crippen LogP contribution in [0.1, 0.15) is 32.3 Å². The Bertz CT molecular complexity index is 399. The van der Waals surface area contributed by atoms with Crippen LogP contribution in [-0.2, 0) is 6.42 Å². The van der Waals surface area contributed by atoms with Crippen LogP contribution in [0.4, 0.5) is 5.69 Å². The molecule has 2 nitrogen and oxygen atoms in total. The van der Waals surface area contributed by atoms with Crippen LogP contribution in [0.3, 0.4) is 0 Å². The molecule has 1 saturated carbocycles. The SMILES string of the molecule is CC(C)CN(c1ccc(Cl)cc1CCN)C1CC1. The summed E-state index contributed by atoms with van der Waals surface area (Å²) in [4.78, 5) is 2.55. The van der Waals surface area contributed by atoms with Crippen LogP contribution in [0.2, 0.25) is 5.02 Å². The summed E-state index contributed by atoms with van der Waals surface area (Å²) in [5.41, 5.74) is 8.33. The van der Waals surface area contributed by atoms with E-state index in [-0.39, 0.29) is 0 Å². The van der Waals surface area contributed by atoms with Crippen molar-refractivity contribution >= 4 is 17.3 Å². The fourth-order valence-corrected chi connectivity index (χ4v) is 2.61. The molecule has 0 radical (unpaired) electrons. The van der Waals surface area contributed by atoms with Gasteiger partial charge in [0, 0.05) is 23.3 Å². The molecule has 2 rings (SSSR count). The van der Waals surface area contributed by atoms with Crippen LogP contribution >= 0.6 is 11.6 Å². The third kappa shape index (κ3) is 3.39. The number of halogens is 1. The summed E-state index contributed by atoms with van der Waals surface area (Å²) in [5, 5.41) is 0.808. The number of nitrogens with two attached hydrogens (primary N) is 1. The number of anilines is 1. The molecule has 0 bridgehead atoms. The molecule has 0 atom stereocenters. The van der Waals surface area contributed by atoms with Crippen LogP contribution in [0.25, 0.3) is 0 Å². The van der Waals surface area contributed by atoms with Crippen LogP contribution in [0.15, 0.2) is 18.2 Å².